The van der Waals surface area contributed by atoms with E-state index in [0.717, 1.165) is 36.4 Å². The normalized spacial score (nSPS) is 19.1. The van der Waals surface area contributed by atoms with E-state index in [-0.39, 0.29) is 36.2 Å². The van der Waals surface area contributed by atoms with Crippen molar-refractivity contribution in [2.75, 3.05) is 20.1 Å². The zero-order valence-corrected chi connectivity index (χ0v) is 19.5. The van der Waals surface area contributed by atoms with E-state index in [1.54, 1.807) is 16.8 Å². The van der Waals surface area contributed by atoms with Crippen LogP contribution in [-0.2, 0) is 19.6 Å². The number of nitrogens with one attached hydrogen (secondary N) is 1. The number of piperidine rings is 1. The maximum Gasteiger partial charge on any atom is 0.255 e. The van der Waals surface area contributed by atoms with Gasteiger partial charge in [-0.25, -0.2) is 9.07 Å². The maximum atomic E-state index is 13.1. The largest absolute Gasteiger partial charge is 0.316 e. The lowest BCUT2D eigenvalue weighted by molar-refractivity contribution is 0.254. The summed E-state index contributed by atoms with van der Waals surface area (Å²) in [6.07, 6.45) is 4.94. The predicted octanol–water partition coefficient (Wildman–Crippen LogP) is 3.36. The molecule has 0 spiro atoms. The molecular formula is C23H28Cl2FN5O. The third-order valence-corrected chi connectivity index (χ3v) is 6.21. The number of pyridine rings is 1. The lowest BCUT2D eigenvalue weighted by atomic mass is 9.84. The van der Waals surface area contributed by atoms with E-state index in [0.29, 0.717) is 24.9 Å². The Morgan fingerprint density at radius 2 is 1.91 bits per heavy atom. The van der Waals surface area contributed by atoms with Crippen molar-refractivity contribution in [2.45, 2.75) is 32.0 Å². The summed E-state index contributed by atoms with van der Waals surface area (Å²) in [6.45, 7) is 4.06. The Bertz CT molecular complexity index is 1110. The SMILES string of the molecule is CN(Cc1cnn(-c2ccc(F)cc2)c1)Cc1ccc2n(c1=O)C[C@@H]1CNC[C@H]2C1.Cl.Cl. The van der Waals surface area contributed by atoms with Crippen LogP contribution in [0.1, 0.15) is 29.2 Å². The van der Waals surface area contributed by atoms with Crippen LogP contribution >= 0.6 is 24.8 Å². The van der Waals surface area contributed by atoms with Gasteiger partial charge in [0.2, 0.25) is 0 Å². The fraction of sp³-hybridized carbons (Fsp3) is 0.391. The van der Waals surface area contributed by atoms with Crippen molar-refractivity contribution < 1.29 is 4.39 Å². The molecular weight excluding hydrogens is 452 g/mol. The van der Waals surface area contributed by atoms with Crippen LogP contribution in [0.15, 0.2) is 53.6 Å². The predicted molar refractivity (Wildman–Crippen MR) is 128 cm³/mol. The van der Waals surface area contributed by atoms with Gasteiger partial charge in [-0.05, 0) is 56.3 Å². The fourth-order valence-corrected chi connectivity index (χ4v) is 4.79. The van der Waals surface area contributed by atoms with Gasteiger partial charge in [0.25, 0.3) is 5.56 Å². The Balaban J connectivity index is 0.00000144. The van der Waals surface area contributed by atoms with Crippen molar-refractivity contribution in [3.63, 3.8) is 0 Å². The molecule has 0 aliphatic carbocycles. The lowest BCUT2D eigenvalue weighted by Crippen LogP contribution is -2.45. The topological polar surface area (TPSA) is 55.1 Å². The van der Waals surface area contributed by atoms with E-state index in [2.05, 4.69) is 21.4 Å². The Hall–Kier alpha value is -2.19. The number of benzene rings is 1. The minimum atomic E-state index is -0.262. The number of nitrogens with zero attached hydrogens (tertiary/aromatic N) is 4. The van der Waals surface area contributed by atoms with Crippen molar-refractivity contribution in [3.8, 4) is 5.69 Å². The highest BCUT2D eigenvalue weighted by molar-refractivity contribution is 5.85. The Morgan fingerprint density at radius 3 is 2.69 bits per heavy atom. The van der Waals surface area contributed by atoms with E-state index in [9.17, 15) is 9.18 Å². The standard InChI is InChI=1S/C23H26FN5O.2ClH/c1-27(12-17-10-26-29(14-17)21-5-3-20(24)4-6-21)15-18-2-7-22-19-8-16(9-25-11-19)13-28(22)23(18)30;;/h2-7,10,14,16,19,25H,8-9,11-13,15H2,1H3;2*1H/t16-,19+;;/m0../s1. The van der Waals surface area contributed by atoms with Crippen LogP contribution in [0, 0.1) is 11.7 Å². The van der Waals surface area contributed by atoms with Crippen LogP contribution < -0.4 is 10.9 Å². The summed E-state index contributed by atoms with van der Waals surface area (Å²) in [5.74, 6) is 0.746. The molecule has 0 unspecified atom stereocenters. The van der Waals surface area contributed by atoms with Crippen LogP contribution in [0.5, 0.6) is 0 Å². The zero-order chi connectivity index (χ0) is 20.7. The number of aromatic nitrogens is 3. The highest BCUT2D eigenvalue weighted by atomic mass is 35.5. The van der Waals surface area contributed by atoms with Crippen molar-refractivity contribution in [1.29, 1.82) is 0 Å². The molecule has 2 aromatic heterocycles. The maximum absolute atomic E-state index is 13.1. The molecule has 2 aliphatic heterocycles. The van der Waals surface area contributed by atoms with E-state index >= 15 is 0 Å². The van der Waals surface area contributed by atoms with Gasteiger partial charge in [0.05, 0.1) is 11.9 Å². The molecule has 0 saturated carbocycles. The molecule has 0 radical (unpaired) electrons. The number of halogens is 3. The average Bonchev–Trinajstić information content (AvgIpc) is 3.19. The summed E-state index contributed by atoms with van der Waals surface area (Å²) in [7, 11) is 2.01. The minimum absolute atomic E-state index is 0. The summed E-state index contributed by atoms with van der Waals surface area (Å²) in [4.78, 5) is 15.2. The summed E-state index contributed by atoms with van der Waals surface area (Å²) in [6, 6.07) is 10.4. The first kappa shape index (κ1) is 24.5. The van der Waals surface area contributed by atoms with Crippen LogP contribution in [0.4, 0.5) is 4.39 Å². The van der Waals surface area contributed by atoms with Gasteiger partial charge in [0, 0.05) is 55.1 Å². The van der Waals surface area contributed by atoms with Gasteiger partial charge in [0.1, 0.15) is 5.82 Å². The molecule has 2 aliphatic rings. The molecule has 1 saturated heterocycles. The first-order chi connectivity index (χ1) is 14.6. The molecule has 2 bridgehead atoms. The van der Waals surface area contributed by atoms with Gasteiger partial charge in [-0.2, -0.15) is 5.10 Å². The zero-order valence-electron chi connectivity index (χ0n) is 17.9. The van der Waals surface area contributed by atoms with Gasteiger partial charge < -0.3 is 9.88 Å². The number of fused-ring (bicyclic) bond motifs is 4. The summed E-state index contributed by atoms with van der Waals surface area (Å²) < 4.78 is 16.9. The second-order valence-electron chi connectivity index (χ2n) is 8.60. The summed E-state index contributed by atoms with van der Waals surface area (Å²) >= 11 is 0. The van der Waals surface area contributed by atoms with Crippen LogP contribution in [0.3, 0.4) is 0 Å². The molecule has 1 N–H and O–H groups in total. The van der Waals surface area contributed by atoms with Gasteiger partial charge in [0.15, 0.2) is 0 Å². The molecule has 3 aromatic rings. The first-order valence-corrected chi connectivity index (χ1v) is 10.5. The molecule has 0 amide bonds. The summed E-state index contributed by atoms with van der Waals surface area (Å²) in [5.41, 5.74) is 4.02. The van der Waals surface area contributed by atoms with E-state index < -0.39 is 0 Å². The Kier molecular flexibility index (Phi) is 7.77. The molecule has 1 aromatic carbocycles. The molecule has 32 heavy (non-hydrogen) atoms. The smallest absolute Gasteiger partial charge is 0.255 e. The molecule has 9 heteroatoms. The van der Waals surface area contributed by atoms with Crippen molar-refractivity contribution in [1.82, 2.24) is 24.6 Å². The third kappa shape index (κ3) is 4.91. The number of rotatable bonds is 5. The van der Waals surface area contributed by atoms with E-state index in [4.69, 9.17) is 0 Å². The molecule has 1 fully saturated rings. The minimum Gasteiger partial charge on any atom is -0.316 e. The highest BCUT2D eigenvalue weighted by Crippen LogP contribution is 2.31. The monoisotopic (exact) mass is 479 g/mol. The lowest BCUT2D eigenvalue weighted by Gasteiger charge is -2.37. The molecule has 172 valence electrons. The second kappa shape index (κ2) is 10.2. The Morgan fingerprint density at radius 1 is 1.12 bits per heavy atom. The highest BCUT2D eigenvalue weighted by Gasteiger charge is 2.31. The first-order valence-electron chi connectivity index (χ1n) is 10.5. The molecule has 5 rings (SSSR count). The van der Waals surface area contributed by atoms with E-state index in [1.165, 1.54) is 24.2 Å². The molecule has 6 nitrogen and oxygen atoms in total. The van der Waals surface area contributed by atoms with Crippen LogP contribution in [0.25, 0.3) is 5.69 Å². The van der Waals surface area contributed by atoms with Gasteiger partial charge in [-0.3, -0.25) is 9.69 Å². The van der Waals surface area contributed by atoms with Crippen LogP contribution in [-0.4, -0.2) is 39.4 Å². The Labute approximate surface area is 199 Å². The fourth-order valence-electron chi connectivity index (χ4n) is 4.79. The van der Waals surface area contributed by atoms with Crippen molar-refractivity contribution in [3.05, 3.63) is 81.8 Å². The molecule has 4 heterocycles. The van der Waals surface area contributed by atoms with Crippen LogP contribution in [0.2, 0.25) is 0 Å². The van der Waals surface area contributed by atoms with Crippen molar-refractivity contribution >= 4 is 24.8 Å². The quantitative estimate of drug-likeness (QED) is 0.609. The van der Waals surface area contributed by atoms with Gasteiger partial charge in [-0.15, -0.1) is 24.8 Å². The molecule has 2 atom stereocenters. The van der Waals surface area contributed by atoms with Gasteiger partial charge in [-0.1, -0.05) is 6.07 Å². The third-order valence-electron chi connectivity index (χ3n) is 6.21. The average molecular weight is 480 g/mol. The van der Waals surface area contributed by atoms with Crippen molar-refractivity contribution in [2.24, 2.45) is 5.92 Å². The van der Waals surface area contributed by atoms with E-state index in [1.807, 2.05) is 30.1 Å². The number of hydrogen-bond donors (Lipinski definition) is 1. The second-order valence-corrected chi connectivity index (χ2v) is 8.60. The summed E-state index contributed by atoms with van der Waals surface area (Å²) in [5, 5.41) is 7.87. The van der Waals surface area contributed by atoms with Gasteiger partial charge >= 0.3 is 0 Å². The number of hydrogen-bond acceptors (Lipinski definition) is 4.